The van der Waals surface area contributed by atoms with Gasteiger partial charge in [0.15, 0.2) is 0 Å². The monoisotopic (exact) mass is 268 g/mol. The third-order valence-corrected chi connectivity index (χ3v) is 3.66. The summed E-state index contributed by atoms with van der Waals surface area (Å²) in [6.45, 7) is 3.92. The summed E-state index contributed by atoms with van der Waals surface area (Å²) in [4.78, 5) is 13.9. The number of benzene rings is 1. The average Bonchev–Trinajstić information content (AvgIpc) is 2.33. The summed E-state index contributed by atoms with van der Waals surface area (Å²) in [5.41, 5.74) is 6.04. The van der Waals surface area contributed by atoms with Crippen LogP contribution in [0.2, 0.25) is 0 Å². The van der Waals surface area contributed by atoms with Crippen molar-refractivity contribution in [3.8, 4) is 0 Å². The molecule has 1 aromatic rings. The van der Waals surface area contributed by atoms with E-state index in [-0.39, 0.29) is 29.1 Å². The highest BCUT2D eigenvalue weighted by molar-refractivity contribution is 5.95. The van der Waals surface area contributed by atoms with Crippen molar-refractivity contribution in [3.63, 3.8) is 0 Å². The predicted octanol–water partition coefficient (Wildman–Crippen LogP) is 2.23. The van der Waals surface area contributed by atoms with Crippen molar-refractivity contribution in [1.82, 2.24) is 4.90 Å². The third kappa shape index (κ3) is 2.76. The number of nitrogens with zero attached hydrogens (tertiary/aromatic N) is 1. The van der Waals surface area contributed by atoms with Crippen molar-refractivity contribution < 1.29 is 13.6 Å². The van der Waals surface area contributed by atoms with Crippen LogP contribution in [0, 0.1) is 18.6 Å². The number of hydrogen-bond donors (Lipinski definition) is 1. The van der Waals surface area contributed by atoms with Gasteiger partial charge in [0.05, 0.1) is 5.56 Å². The number of hydrogen-bond acceptors (Lipinski definition) is 2. The molecule has 19 heavy (non-hydrogen) atoms. The Balaban J connectivity index is 2.27. The molecular formula is C14H18F2N2O. The molecule has 0 aromatic heterocycles. The van der Waals surface area contributed by atoms with Gasteiger partial charge in [-0.1, -0.05) is 0 Å². The Kier molecular flexibility index (Phi) is 3.85. The van der Waals surface area contributed by atoms with Crippen LogP contribution in [0.25, 0.3) is 0 Å². The minimum absolute atomic E-state index is 0.0268. The van der Waals surface area contributed by atoms with Gasteiger partial charge >= 0.3 is 0 Å². The van der Waals surface area contributed by atoms with E-state index in [1.807, 2.05) is 6.92 Å². The third-order valence-electron chi connectivity index (χ3n) is 3.66. The van der Waals surface area contributed by atoms with Crippen molar-refractivity contribution >= 4 is 5.91 Å². The zero-order chi connectivity index (χ0) is 14.2. The predicted molar refractivity (Wildman–Crippen MR) is 68.8 cm³/mol. The summed E-state index contributed by atoms with van der Waals surface area (Å²) in [7, 11) is 0. The van der Waals surface area contributed by atoms with Gasteiger partial charge < -0.3 is 10.6 Å². The molecule has 0 aliphatic carbocycles. The van der Waals surface area contributed by atoms with Crippen molar-refractivity contribution in [2.75, 3.05) is 6.54 Å². The van der Waals surface area contributed by atoms with Crippen molar-refractivity contribution in [3.05, 3.63) is 34.9 Å². The molecule has 1 fully saturated rings. The highest BCUT2D eigenvalue weighted by atomic mass is 19.1. The zero-order valence-corrected chi connectivity index (χ0v) is 11.1. The first-order valence-electron chi connectivity index (χ1n) is 6.42. The smallest absolute Gasteiger partial charge is 0.257 e. The Bertz CT molecular complexity index is 504. The first-order chi connectivity index (χ1) is 8.90. The van der Waals surface area contributed by atoms with Crippen LogP contribution in [0.15, 0.2) is 12.1 Å². The number of rotatable bonds is 1. The molecule has 1 aliphatic rings. The number of carbonyl (C=O) groups excluding carboxylic acids is 1. The van der Waals surface area contributed by atoms with Gasteiger partial charge in [-0.25, -0.2) is 8.78 Å². The van der Waals surface area contributed by atoms with Gasteiger partial charge in [0.1, 0.15) is 11.6 Å². The van der Waals surface area contributed by atoms with Crippen molar-refractivity contribution in [1.29, 1.82) is 0 Å². The van der Waals surface area contributed by atoms with Crippen molar-refractivity contribution in [2.45, 2.75) is 38.8 Å². The number of amides is 1. The molecule has 3 nitrogen and oxygen atoms in total. The molecule has 2 N–H and O–H groups in total. The van der Waals surface area contributed by atoms with E-state index in [2.05, 4.69) is 0 Å². The standard InChI is InChI=1S/C14H18F2N2O/c1-8-5-11(13(16)7-12(8)15)14(19)18-4-3-10(17)6-9(18)2/h5,7,9-10H,3-4,6,17H2,1-2H3/t9-,10+/m0/s1. The second-order valence-corrected chi connectivity index (χ2v) is 5.21. The van der Waals surface area contributed by atoms with Crippen LogP contribution in [-0.2, 0) is 0 Å². The number of carbonyl (C=O) groups is 1. The van der Waals surface area contributed by atoms with Crippen LogP contribution in [-0.4, -0.2) is 29.4 Å². The lowest BCUT2D eigenvalue weighted by Gasteiger charge is -2.36. The minimum Gasteiger partial charge on any atom is -0.336 e. The molecule has 0 unspecified atom stereocenters. The van der Waals surface area contributed by atoms with Gasteiger partial charge in [-0.3, -0.25) is 4.79 Å². The van der Waals surface area contributed by atoms with Crippen LogP contribution in [0.1, 0.15) is 35.7 Å². The van der Waals surface area contributed by atoms with Gasteiger partial charge in [0, 0.05) is 24.7 Å². The van der Waals surface area contributed by atoms with Gasteiger partial charge in [-0.2, -0.15) is 0 Å². The van der Waals surface area contributed by atoms with Gasteiger partial charge in [0.25, 0.3) is 5.91 Å². The molecule has 1 heterocycles. The maximum Gasteiger partial charge on any atom is 0.257 e. The summed E-state index contributed by atoms with van der Waals surface area (Å²) in [5.74, 6) is -1.84. The Labute approximate surface area is 111 Å². The fourth-order valence-electron chi connectivity index (χ4n) is 2.49. The summed E-state index contributed by atoms with van der Waals surface area (Å²) >= 11 is 0. The first kappa shape index (κ1) is 13.9. The fourth-order valence-corrected chi connectivity index (χ4v) is 2.49. The average molecular weight is 268 g/mol. The van der Waals surface area contributed by atoms with Crippen LogP contribution in [0.4, 0.5) is 8.78 Å². The lowest BCUT2D eigenvalue weighted by atomic mass is 9.97. The quantitative estimate of drug-likeness (QED) is 0.849. The summed E-state index contributed by atoms with van der Waals surface area (Å²) in [5, 5.41) is 0. The summed E-state index contributed by atoms with van der Waals surface area (Å²) < 4.78 is 26.9. The van der Waals surface area contributed by atoms with Crippen LogP contribution in [0.3, 0.4) is 0 Å². The van der Waals surface area contributed by atoms with E-state index in [9.17, 15) is 13.6 Å². The topological polar surface area (TPSA) is 46.3 Å². The lowest BCUT2D eigenvalue weighted by molar-refractivity contribution is 0.0614. The van der Waals surface area contributed by atoms with Crippen LogP contribution in [0.5, 0.6) is 0 Å². The number of piperidine rings is 1. The molecule has 1 aliphatic heterocycles. The van der Waals surface area contributed by atoms with Crippen molar-refractivity contribution in [2.24, 2.45) is 5.73 Å². The summed E-state index contributed by atoms with van der Waals surface area (Å²) in [6.07, 6.45) is 1.41. The maximum atomic E-state index is 13.7. The fraction of sp³-hybridized carbons (Fsp3) is 0.500. The van der Waals surface area contributed by atoms with E-state index in [1.165, 1.54) is 13.0 Å². The molecule has 1 saturated heterocycles. The molecule has 0 spiro atoms. The van der Waals surface area contributed by atoms with Crippen LogP contribution >= 0.6 is 0 Å². The molecular weight excluding hydrogens is 250 g/mol. The second-order valence-electron chi connectivity index (χ2n) is 5.21. The number of aryl methyl sites for hydroxylation is 1. The Morgan fingerprint density at radius 1 is 1.37 bits per heavy atom. The number of halogens is 2. The van der Waals surface area contributed by atoms with E-state index >= 15 is 0 Å². The highest BCUT2D eigenvalue weighted by Gasteiger charge is 2.29. The van der Waals surface area contributed by atoms with E-state index < -0.39 is 11.6 Å². The zero-order valence-electron chi connectivity index (χ0n) is 11.1. The van der Waals surface area contributed by atoms with Gasteiger partial charge in [0.2, 0.25) is 0 Å². The maximum absolute atomic E-state index is 13.7. The normalized spacial score (nSPS) is 23.5. The van der Waals surface area contributed by atoms with E-state index in [1.54, 1.807) is 4.90 Å². The molecule has 104 valence electrons. The largest absolute Gasteiger partial charge is 0.336 e. The molecule has 2 atom stereocenters. The van der Waals surface area contributed by atoms with E-state index in [0.29, 0.717) is 19.4 Å². The molecule has 0 bridgehead atoms. The second kappa shape index (κ2) is 5.25. The molecule has 2 rings (SSSR count). The number of nitrogens with two attached hydrogens (primary N) is 1. The first-order valence-corrected chi connectivity index (χ1v) is 6.42. The Hall–Kier alpha value is -1.49. The van der Waals surface area contributed by atoms with Gasteiger partial charge in [-0.15, -0.1) is 0 Å². The highest BCUT2D eigenvalue weighted by Crippen LogP contribution is 2.21. The van der Waals surface area contributed by atoms with E-state index in [0.717, 1.165) is 6.07 Å². The molecule has 0 saturated carbocycles. The molecule has 1 aromatic carbocycles. The minimum atomic E-state index is -0.810. The lowest BCUT2D eigenvalue weighted by Crippen LogP contribution is -2.48. The SMILES string of the molecule is Cc1cc(C(=O)N2CC[C@@H](N)C[C@@H]2C)c(F)cc1F. The molecule has 1 amide bonds. The van der Waals surface area contributed by atoms with E-state index in [4.69, 9.17) is 5.73 Å². The number of likely N-dealkylation sites (tertiary alicyclic amines) is 1. The Morgan fingerprint density at radius 3 is 2.68 bits per heavy atom. The molecule has 5 heteroatoms. The summed E-state index contributed by atoms with van der Waals surface area (Å²) in [6, 6.07) is 2.09. The Morgan fingerprint density at radius 2 is 2.05 bits per heavy atom. The van der Waals surface area contributed by atoms with Crippen LogP contribution < -0.4 is 5.73 Å². The molecule has 0 radical (unpaired) electrons. The van der Waals surface area contributed by atoms with Gasteiger partial charge in [-0.05, 0) is 38.3 Å².